The van der Waals surface area contributed by atoms with E-state index < -0.39 is 16.3 Å². The van der Waals surface area contributed by atoms with Crippen LogP contribution < -0.4 is 0 Å². The van der Waals surface area contributed by atoms with Crippen LogP contribution in [0.2, 0.25) is 0 Å². The van der Waals surface area contributed by atoms with Gasteiger partial charge in [0.15, 0.2) is 0 Å². The molecule has 1 atom stereocenters. The van der Waals surface area contributed by atoms with E-state index in [1.807, 2.05) is 26.8 Å². The summed E-state index contributed by atoms with van der Waals surface area (Å²) in [5.74, 6) is 0. The second-order valence-electron chi connectivity index (χ2n) is 5.12. The normalized spacial score (nSPS) is 13.6. The van der Waals surface area contributed by atoms with Gasteiger partial charge in [0, 0.05) is 12.1 Å². The van der Waals surface area contributed by atoms with E-state index in [1.165, 1.54) is 6.07 Å². The lowest BCUT2D eigenvalue weighted by atomic mass is 10.1. The number of nitro groups is 1. The van der Waals surface area contributed by atoms with Crippen LogP contribution in [0.25, 0.3) is 0 Å². The molecule has 1 aromatic carbocycles. The maximum absolute atomic E-state index is 11.9. The molecule has 0 aliphatic rings. The predicted molar refractivity (Wildman–Crippen MR) is 82.4 cm³/mol. The lowest BCUT2D eigenvalue weighted by Gasteiger charge is -2.21. The molecule has 0 aromatic heterocycles. The zero-order valence-corrected chi connectivity index (χ0v) is 12.9. The first-order valence-corrected chi connectivity index (χ1v) is 7.65. The van der Waals surface area contributed by atoms with E-state index in [9.17, 15) is 14.7 Å². The Morgan fingerprint density at radius 3 is 2.75 bits per heavy atom. The zero-order valence-electron chi connectivity index (χ0n) is 12.0. The van der Waals surface area contributed by atoms with Crippen LogP contribution in [0, 0.1) is 10.1 Å². The quantitative estimate of drug-likeness (QED) is 0.334. The predicted octanol–water partition coefficient (Wildman–Crippen LogP) is 3.45. The Labute approximate surface area is 122 Å². The SMILES string of the molecule is CCC(C)(C)[S@@+]([O-])/N=C/CCc1cccc([N+](=O)[O-])c1. The Balaban J connectivity index is 2.52. The minimum atomic E-state index is -1.24. The molecule has 1 rings (SSSR count). The van der Waals surface area contributed by atoms with Crippen molar-refractivity contribution in [3.8, 4) is 0 Å². The van der Waals surface area contributed by atoms with Gasteiger partial charge >= 0.3 is 0 Å². The highest BCUT2D eigenvalue weighted by Crippen LogP contribution is 2.21. The molecule has 0 radical (unpaired) electrons. The van der Waals surface area contributed by atoms with Crippen LogP contribution in [-0.4, -0.2) is 20.4 Å². The van der Waals surface area contributed by atoms with Gasteiger partial charge in [-0.05, 0) is 38.7 Å². The van der Waals surface area contributed by atoms with Crippen LogP contribution in [-0.2, 0) is 17.8 Å². The number of hydrogen-bond donors (Lipinski definition) is 0. The first-order chi connectivity index (χ1) is 9.36. The molecule has 0 unspecified atom stereocenters. The van der Waals surface area contributed by atoms with Gasteiger partial charge in [-0.1, -0.05) is 23.5 Å². The summed E-state index contributed by atoms with van der Waals surface area (Å²) in [6.45, 7) is 5.82. The number of nitro benzene ring substituents is 1. The van der Waals surface area contributed by atoms with Crippen molar-refractivity contribution in [2.45, 2.75) is 44.8 Å². The van der Waals surface area contributed by atoms with Crippen LogP contribution >= 0.6 is 0 Å². The van der Waals surface area contributed by atoms with Crippen molar-refractivity contribution in [3.63, 3.8) is 0 Å². The molecule has 0 heterocycles. The largest absolute Gasteiger partial charge is 0.591 e. The third-order valence-corrected chi connectivity index (χ3v) is 4.75. The Morgan fingerprint density at radius 1 is 1.45 bits per heavy atom. The Bertz CT molecular complexity index is 489. The third-order valence-electron chi connectivity index (χ3n) is 3.18. The summed E-state index contributed by atoms with van der Waals surface area (Å²) in [7, 11) is 0. The molecule has 110 valence electrons. The summed E-state index contributed by atoms with van der Waals surface area (Å²) in [6, 6.07) is 6.54. The standard InChI is InChI=1S/C14H20N2O3S/c1-4-14(2,3)20(19)15-10-6-8-12-7-5-9-13(11-12)16(17)18/h5,7,9-11H,4,6,8H2,1-3H3/b15-10+/t20-/m1/s1. The van der Waals surface area contributed by atoms with Crippen molar-refractivity contribution >= 4 is 23.3 Å². The van der Waals surface area contributed by atoms with Gasteiger partial charge in [-0.15, -0.1) is 0 Å². The van der Waals surface area contributed by atoms with Crippen molar-refractivity contribution in [2.75, 3.05) is 0 Å². The van der Waals surface area contributed by atoms with Crippen molar-refractivity contribution < 1.29 is 9.48 Å². The molecule has 1 aromatic rings. The van der Waals surface area contributed by atoms with Gasteiger partial charge in [0.25, 0.3) is 5.69 Å². The number of benzene rings is 1. The second-order valence-corrected chi connectivity index (χ2v) is 6.93. The monoisotopic (exact) mass is 296 g/mol. The van der Waals surface area contributed by atoms with E-state index in [-0.39, 0.29) is 10.4 Å². The molecule has 5 nitrogen and oxygen atoms in total. The first-order valence-electron chi connectivity index (χ1n) is 6.54. The van der Waals surface area contributed by atoms with E-state index in [0.29, 0.717) is 12.8 Å². The molecule has 0 aliphatic heterocycles. The average molecular weight is 296 g/mol. The van der Waals surface area contributed by atoms with Crippen LogP contribution in [0.1, 0.15) is 39.2 Å². The van der Waals surface area contributed by atoms with Gasteiger partial charge in [-0.3, -0.25) is 10.1 Å². The van der Waals surface area contributed by atoms with Gasteiger partial charge in [-0.2, -0.15) is 0 Å². The summed E-state index contributed by atoms with van der Waals surface area (Å²) in [4.78, 5) is 10.2. The van der Waals surface area contributed by atoms with Crippen LogP contribution in [0.4, 0.5) is 5.69 Å². The fraction of sp³-hybridized carbons (Fsp3) is 0.500. The molecule has 0 fully saturated rings. The van der Waals surface area contributed by atoms with Crippen molar-refractivity contribution in [1.29, 1.82) is 0 Å². The highest BCUT2D eigenvalue weighted by Gasteiger charge is 2.29. The summed E-state index contributed by atoms with van der Waals surface area (Å²) >= 11 is -1.24. The maximum Gasteiger partial charge on any atom is 0.269 e. The maximum atomic E-state index is 11.9. The molecule has 0 amide bonds. The fourth-order valence-electron chi connectivity index (χ4n) is 1.44. The topological polar surface area (TPSA) is 78.6 Å². The molecule has 0 aliphatic carbocycles. The number of hydrogen-bond acceptors (Lipinski definition) is 4. The minimum Gasteiger partial charge on any atom is -0.591 e. The van der Waals surface area contributed by atoms with E-state index >= 15 is 0 Å². The van der Waals surface area contributed by atoms with Crippen molar-refractivity contribution in [3.05, 3.63) is 39.9 Å². The first kappa shape index (κ1) is 16.7. The summed E-state index contributed by atoms with van der Waals surface area (Å²) in [5, 5.41) is 10.7. The Hall–Kier alpha value is -1.40. The number of non-ortho nitro benzene ring substituents is 1. The van der Waals surface area contributed by atoms with E-state index in [4.69, 9.17) is 0 Å². The molecular weight excluding hydrogens is 276 g/mol. The molecule has 20 heavy (non-hydrogen) atoms. The van der Waals surface area contributed by atoms with Crippen LogP contribution in [0.3, 0.4) is 0 Å². The van der Waals surface area contributed by atoms with Gasteiger partial charge < -0.3 is 4.55 Å². The Kier molecular flexibility index (Phi) is 6.16. The van der Waals surface area contributed by atoms with E-state index in [1.54, 1.807) is 18.3 Å². The van der Waals surface area contributed by atoms with Gasteiger partial charge in [-0.25, -0.2) is 0 Å². The summed E-state index contributed by atoms with van der Waals surface area (Å²) in [5.41, 5.74) is 0.973. The lowest BCUT2D eigenvalue weighted by molar-refractivity contribution is -0.384. The molecule has 0 N–H and O–H groups in total. The van der Waals surface area contributed by atoms with Crippen molar-refractivity contribution in [2.24, 2.45) is 4.40 Å². The molecular formula is C14H20N2O3S. The third kappa shape index (κ3) is 4.94. The molecule has 0 saturated heterocycles. The van der Waals surface area contributed by atoms with Crippen LogP contribution in [0.15, 0.2) is 28.7 Å². The lowest BCUT2D eigenvalue weighted by Crippen LogP contribution is -2.29. The van der Waals surface area contributed by atoms with Crippen molar-refractivity contribution in [1.82, 2.24) is 0 Å². The highest BCUT2D eigenvalue weighted by atomic mass is 32.2. The van der Waals surface area contributed by atoms with Crippen LogP contribution in [0.5, 0.6) is 0 Å². The number of rotatable bonds is 7. The van der Waals surface area contributed by atoms with Gasteiger partial charge in [0.1, 0.15) is 16.1 Å². The fourth-order valence-corrected chi connectivity index (χ4v) is 2.22. The second kappa shape index (κ2) is 7.40. The van der Waals surface area contributed by atoms with Gasteiger partial charge in [0.05, 0.1) is 11.1 Å². The summed E-state index contributed by atoms with van der Waals surface area (Å²) in [6.07, 6.45) is 3.70. The highest BCUT2D eigenvalue weighted by molar-refractivity contribution is 7.91. The summed E-state index contributed by atoms with van der Waals surface area (Å²) < 4.78 is 15.6. The molecule has 0 spiro atoms. The van der Waals surface area contributed by atoms with E-state index in [2.05, 4.69) is 4.40 Å². The minimum absolute atomic E-state index is 0.0927. The molecule has 0 bridgehead atoms. The Morgan fingerprint density at radius 2 is 2.15 bits per heavy atom. The van der Waals surface area contributed by atoms with Gasteiger partial charge in [0.2, 0.25) is 0 Å². The number of aryl methyl sites for hydroxylation is 1. The number of nitrogens with zero attached hydrogens (tertiary/aromatic N) is 2. The molecule has 0 saturated carbocycles. The smallest absolute Gasteiger partial charge is 0.269 e. The van der Waals surface area contributed by atoms with E-state index in [0.717, 1.165) is 12.0 Å². The molecule has 6 heteroatoms. The zero-order chi connectivity index (χ0) is 15.2. The average Bonchev–Trinajstić information content (AvgIpc) is 2.43.